The molecule has 1 amide bonds. The van der Waals surface area contributed by atoms with Gasteiger partial charge in [-0.3, -0.25) is 14.8 Å². The number of anilines is 1. The number of nitrogens with one attached hydrogen (secondary N) is 1. The standard InChI is InChI=1S/C16H16N4O2S/c1-10-14(11-4-6-12(22-3)7-5-11)17-16(23-10)18-15(21)13-8-9-20(2)19-13/h4-9H,1-3H3,(H,17,18,21). The lowest BCUT2D eigenvalue weighted by Gasteiger charge is -2.01. The fourth-order valence-electron chi connectivity index (χ4n) is 2.16. The lowest BCUT2D eigenvalue weighted by molar-refractivity contribution is 0.102. The van der Waals surface area contributed by atoms with Crippen LogP contribution in [-0.2, 0) is 7.05 Å². The molecule has 7 heteroatoms. The number of hydrogen-bond acceptors (Lipinski definition) is 5. The van der Waals surface area contributed by atoms with Gasteiger partial charge < -0.3 is 4.74 Å². The molecule has 0 aliphatic carbocycles. The van der Waals surface area contributed by atoms with Crippen LogP contribution in [0.2, 0.25) is 0 Å². The smallest absolute Gasteiger partial charge is 0.277 e. The molecule has 3 rings (SSSR count). The predicted octanol–water partition coefficient (Wildman–Crippen LogP) is 3.11. The van der Waals surface area contributed by atoms with Crippen molar-refractivity contribution >= 4 is 22.4 Å². The first-order valence-electron chi connectivity index (χ1n) is 6.99. The number of nitrogens with zero attached hydrogens (tertiary/aromatic N) is 3. The van der Waals surface area contributed by atoms with Gasteiger partial charge in [0.05, 0.1) is 12.8 Å². The topological polar surface area (TPSA) is 69.0 Å². The zero-order valence-electron chi connectivity index (χ0n) is 13.0. The summed E-state index contributed by atoms with van der Waals surface area (Å²) in [5.41, 5.74) is 2.21. The summed E-state index contributed by atoms with van der Waals surface area (Å²) in [4.78, 5) is 17.7. The van der Waals surface area contributed by atoms with Crippen LogP contribution < -0.4 is 10.1 Å². The number of hydrogen-bond donors (Lipinski definition) is 1. The van der Waals surface area contributed by atoms with Crippen LogP contribution >= 0.6 is 11.3 Å². The maximum atomic E-state index is 12.1. The molecule has 1 aromatic carbocycles. The third-order valence-corrected chi connectivity index (χ3v) is 4.21. The van der Waals surface area contributed by atoms with Crippen molar-refractivity contribution in [2.75, 3.05) is 12.4 Å². The van der Waals surface area contributed by atoms with Gasteiger partial charge in [0.25, 0.3) is 5.91 Å². The average Bonchev–Trinajstić information content (AvgIpc) is 3.13. The maximum Gasteiger partial charge on any atom is 0.277 e. The van der Waals surface area contributed by atoms with Crippen molar-refractivity contribution in [2.45, 2.75) is 6.92 Å². The van der Waals surface area contributed by atoms with E-state index < -0.39 is 0 Å². The second kappa shape index (κ2) is 6.21. The minimum Gasteiger partial charge on any atom is -0.497 e. The zero-order valence-corrected chi connectivity index (χ0v) is 13.8. The van der Waals surface area contributed by atoms with Gasteiger partial charge in [-0.2, -0.15) is 5.10 Å². The normalized spacial score (nSPS) is 10.6. The molecule has 3 aromatic rings. The van der Waals surface area contributed by atoms with E-state index in [1.54, 1.807) is 31.1 Å². The lowest BCUT2D eigenvalue weighted by Crippen LogP contribution is -2.12. The van der Waals surface area contributed by atoms with Gasteiger partial charge in [0.2, 0.25) is 0 Å². The Balaban J connectivity index is 1.81. The van der Waals surface area contributed by atoms with E-state index in [4.69, 9.17) is 4.74 Å². The van der Waals surface area contributed by atoms with Gasteiger partial charge in [0.15, 0.2) is 10.8 Å². The van der Waals surface area contributed by atoms with Gasteiger partial charge in [-0.05, 0) is 37.3 Å². The lowest BCUT2D eigenvalue weighted by atomic mass is 10.1. The highest BCUT2D eigenvalue weighted by Gasteiger charge is 2.14. The number of thiazole rings is 1. The Bertz CT molecular complexity index is 836. The van der Waals surface area contributed by atoms with E-state index in [1.807, 2.05) is 31.2 Å². The van der Waals surface area contributed by atoms with Crippen LogP contribution in [0.3, 0.4) is 0 Å². The van der Waals surface area contributed by atoms with E-state index in [0.29, 0.717) is 10.8 Å². The van der Waals surface area contributed by atoms with Gasteiger partial charge in [-0.25, -0.2) is 4.98 Å². The van der Waals surface area contributed by atoms with Crippen molar-refractivity contribution in [2.24, 2.45) is 7.05 Å². The molecule has 0 fully saturated rings. The molecule has 0 aliphatic rings. The largest absolute Gasteiger partial charge is 0.497 e. The average molecular weight is 328 g/mol. The quantitative estimate of drug-likeness (QED) is 0.799. The molecule has 23 heavy (non-hydrogen) atoms. The van der Waals surface area contributed by atoms with Gasteiger partial charge in [-0.1, -0.05) is 0 Å². The molecule has 0 unspecified atom stereocenters. The second-order valence-electron chi connectivity index (χ2n) is 4.98. The number of aromatic nitrogens is 3. The van der Waals surface area contributed by atoms with E-state index in [9.17, 15) is 4.79 Å². The van der Waals surface area contributed by atoms with Crippen LogP contribution in [-0.4, -0.2) is 27.8 Å². The highest BCUT2D eigenvalue weighted by Crippen LogP contribution is 2.31. The van der Waals surface area contributed by atoms with Crippen LogP contribution in [0.5, 0.6) is 5.75 Å². The van der Waals surface area contributed by atoms with Crippen molar-refractivity contribution in [1.29, 1.82) is 0 Å². The molecular weight excluding hydrogens is 312 g/mol. The number of amides is 1. The van der Waals surface area contributed by atoms with Crippen LogP contribution in [0.4, 0.5) is 5.13 Å². The van der Waals surface area contributed by atoms with E-state index in [1.165, 1.54) is 11.3 Å². The molecule has 0 saturated heterocycles. The van der Waals surface area contributed by atoms with Gasteiger partial charge in [0, 0.05) is 23.7 Å². The highest BCUT2D eigenvalue weighted by atomic mass is 32.1. The van der Waals surface area contributed by atoms with E-state index in [2.05, 4.69) is 15.4 Å². The molecule has 0 atom stereocenters. The Hall–Kier alpha value is -2.67. The summed E-state index contributed by atoms with van der Waals surface area (Å²) < 4.78 is 6.75. The molecule has 118 valence electrons. The molecule has 6 nitrogen and oxygen atoms in total. The fourth-order valence-corrected chi connectivity index (χ4v) is 2.99. The molecule has 0 spiro atoms. The molecule has 2 heterocycles. The number of methoxy groups -OCH3 is 1. The van der Waals surface area contributed by atoms with Crippen LogP contribution in [0.15, 0.2) is 36.5 Å². The fraction of sp³-hybridized carbons (Fsp3) is 0.188. The van der Waals surface area contributed by atoms with Crippen molar-refractivity contribution in [3.8, 4) is 17.0 Å². The number of ether oxygens (including phenoxy) is 1. The highest BCUT2D eigenvalue weighted by molar-refractivity contribution is 7.16. The minimum absolute atomic E-state index is 0.263. The van der Waals surface area contributed by atoms with Gasteiger partial charge in [-0.15, -0.1) is 11.3 Å². The monoisotopic (exact) mass is 328 g/mol. The van der Waals surface area contributed by atoms with Crippen LogP contribution in [0.1, 0.15) is 15.4 Å². The third-order valence-electron chi connectivity index (χ3n) is 3.33. The molecule has 0 saturated carbocycles. The molecule has 2 aromatic heterocycles. The first kappa shape index (κ1) is 15.2. The Kier molecular flexibility index (Phi) is 4.12. The first-order valence-corrected chi connectivity index (χ1v) is 7.81. The van der Waals surface area contributed by atoms with Crippen molar-refractivity contribution < 1.29 is 9.53 Å². The molecule has 0 bridgehead atoms. The number of aryl methyl sites for hydroxylation is 2. The van der Waals surface area contributed by atoms with E-state index in [-0.39, 0.29) is 5.91 Å². The SMILES string of the molecule is COc1ccc(-c2nc(NC(=O)c3ccn(C)n3)sc2C)cc1. The Labute approximate surface area is 137 Å². The molecule has 0 aliphatic heterocycles. The summed E-state index contributed by atoms with van der Waals surface area (Å²) in [6.45, 7) is 1.98. The first-order chi connectivity index (χ1) is 11.1. The predicted molar refractivity (Wildman–Crippen MR) is 90.0 cm³/mol. The van der Waals surface area contributed by atoms with E-state index in [0.717, 1.165) is 21.9 Å². The second-order valence-corrected chi connectivity index (χ2v) is 6.18. The summed E-state index contributed by atoms with van der Waals surface area (Å²) in [6.07, 6.45) is 1.73. The third kappa shape index (κ3) is 3.24. The Morgan fingerprint density at radius 2 is 2.00 bits per heavy atom. The van der Waals surface area contributed by atoms with Gasteiger partial charge >= 0.3 is 0 Å². The summed E-state index contributed by atoms with van der Waals surface area (Å²) >= 11 is 1.44. The van der Waals surface area contributed by atoms with Crippen LogP contribution in [0.25, 0.3) is 11.3 Å². The number of benzene rings is 1. The number of carbonyl (C=O) groups is 1. The molecular formula is C16H16N4O2S. The maximum absolute atomic E-state index is 12.1. The summed E-state index contributed by atoms with van der Waals surface area (Å²) in [5.74, 6) is 0.533. The van der Waals surface area contributed by atoms with Crippen molar-refractivity contribution in [3.63, 3.8) is 0 Å². The summed E-state index contributed by atoms with van der Waals surface area (Å²) in [5, 5.41) is 7.43. The van der Waals surface area contributed by atoms with Crippen LogP contribution in [0, 0.1) is 6.92 Å². The van der Waals surface area contributed by atoms with Crippen molar-refractivity contribution in [3.05, 3.63) is 47.1 Å². The molecule has 1 N–H and O–H groups in total. The molecule has 0 radical (unpaired) electrons. The zero-order chi connectivity index (χ0) is 16.4. The number of carbonyl (C=O) groups excluding carboxylic acids is 1. The Morgan fingerprint density at radius 1 is 1.26 bits per heavy atom. The summed E-state index contributed by atoms with van der Waals surface area (Å²) in [7, 11) is 3.40. The van der Waals surface area contributed by atoms with E-state index >= 15 is 0 Å². The number of rotatable bonds is 4. The van der Waals surface area contributed by atoms with Crippen molar-refractivity contribution in [1.82, 2.24) is 14.8 Å². The van der Waals surface area contributed by atoms with Gasteiger partial charge in [0.1, 0.15) is 5.75 Å². The minimum atomic E-state index is -0.263. The Morgan fingerprint density at radius 3 is 2.61 bits per heavy atom. The summed E-state index contributed by atoms with van der Waals surface area (Å²) in [6, 6.07) is 9.34.